The Balaban J connectivity index is 1.29. The van der Waals surface area contributed by atoms with Crippen molar-refractivity contribution in [2.75, 3.05) is 11.9 Å². The third-order valence-electron chi connectivity index (χ3n) is 8.13. The summed E-state index contributed by atoms with van der Waals surface area (Å²) >= 11 is 1.55. The number of nitrogens with zero attached hydrogens (tertiary/aromatic N) is 3. The van der Waals surface area contributed by atoms with E-state index < -0.39 is 30.2 Å². The molecule has 0 radical (unpaired) electrons. The number of allylic oxidation sites excluding steroid dienone is 4. The maximum Gasteiger partial charge on any atom is 0.253 e. The number of carbonyl (C=O) groups is 2. The molecule has 6 rings (SSSR count). The Morgan fingerprint density at radius 3 is 2.77 bits per heavy atom. The van der Waals surface area contributed by atoms with Gasteiger partial charge < -0.3 is 15.0 Å². The minimum Gasteiger partial charge on any atom is -0.345 e. The molecular formula is C29H30F2N4O3S. The second-order valence-electron chi connectivity index (χ2n) is 10.6. The average Bonchev–Trinajstić information content (AvgIpc) is 3.68. The van der Waals surface area contributed by atoms with Crippen LogP contribution in [0.2, 0.25) is 0 Å². The van der Waals surface area contributed by atoms with Crippen LogP contribution in [0.15, 0.2) is 63.8 Å². The van der Waals surface area contributed by atoms with Crippen molar-refractivity contribution < 1.29 is 23.1 Å². The summed E-state index contributed by atoms with van der Waals surface area (Å²) in [5.41, 5.74) is 5.12. The quantitative estimate of drug-likeness (QED) is 0.559. The van der Waals surface area contributed by atoms with Gasteiger partial charge >= 0.3 is 0 Å². The molecule has 0 spiro atoms. The number of anilines is 1. The molecule has 4 heterocycles. The molecule has 1 N–H and O–H groups in total. The number of halogens is 2. The highest BCUT2D eigenvalue weighted by Gasteiger charge is 2.51. The topological polar surface area (TPSA) is 74.2 Å². The third-order valence-corrected chi connectivity index (χ3v) is 8.81. The van der Waals surface area contributed by atoms with Crippen LogP contribution < -0.4 is 5.32 Å². The molecule has 204 valence electrons. The summed E-state index contributed by atoms with van der Waals surface area (Å²) in [4.78, 5) is 26.9. The van der Waals surface area contributed by atoms with E-state index in [2.05, 4.69) is 5.32 Å². The van der Waals surface area contributed by atoms with E-state index in [9.17, 15) is 18.4 Å². The van der Waals surface area contributed by atoms with Gasteiger partial charge in [0.1, 0.15) is 18.2 Å². The van der Waals surface area contributed by atoms with Crippen molar-refractivity contribution in [2.45, 2.75) is 58.2 Å². The minimum atomic E-state index is -1.73. The molecule has 1 aromatic heterocycles. The predicted octanol–water partition coefficient (Wildman–Crippen LogP) is 4.81. The zero-order valence-corrected chi connectivity index (χ0v) is 22.8. The molecule has 7 nitrogen and oxygen atoms in total. The fourth-order valence-corrected chi connectivity index (χ4v) is 6.62. The van der Waals surface area contributed by atoms with Crippen LogP contribution in [0.1, 0.15) is 37.5 Å². The number of hydrazone groups is 1. The number of thiophene rings is 1. The first kappa shape index (κ1) is 25.9. The summed E-state index contributed by atoms with van der Waals surface area (Å²) in [6.07, 6.45) is 0.818. The first-order valence-corrected chi connectivity index (χ1v) is 14.2. The highest BCUT2D eigenvalue weighted by molar-refractivity contribution is 7.08. The van der Waals surface area contributed by atoms with E-state index in [1.165, 1.54) is 6.08 Å². The first-order chi connectivity index (χ1) is 18.7. The van der Waals surface area contributed by atoms with E-state index >= 15 is 0 Å². The summed E-state index contributed by atoms with van der Waals surface area (Å²) in [6, 6.07) is 7.61. The van der Waals surface area contributed by atoms with E-state index in [-0.39, 0.29) is 23.8 Å². The molecule has 0 bridgehead atoms. The predicted molar refractivity (Wildman–Crippen MR) is 146 cm³/mol. The van der Waals surface area contributed by atoms with Gasteiger partial charge in [0.15, 0.2) is 6.17 Å². The number of hydrogen-bond acceptors (Lipinski definition) is 6. The SMILES string of the molecule is CC1C(N2N=C(c3ccsc3)C([C@H]3O[C@@H](C)C(=O)N3CCc3ccc4c(c3)CC(=O)N4)C2C)=CC=C(F)C1F. The number of fused-ring (bicyclic) bond motifs is 1. The monoisotopic (exact) mass is 552 g/mol. The fraction of sp³-hybridized carbons (Fsp3) is 0.414. The van der Waals surface area contributed by atoms with Crippen molar-refractivity contribution in [3.05, 3.63) is 75.4 Å². The van der Waals surface area contributed by atoms with Crippen molar-refractivity contribution in [3.63, 3.8) is 0 Å². The van der Waals surface area contributed by atoms with Gasteiger partial charge in [0.05, 0.1) is 24.1 Å². The Hall–Kier alpha value is -3.37. The zero-order valence-electron chi connectivity index (χ0n) is 21.9. The fourth-order valence-electron chi connectivity index (χ4n) is 5.97. The minimum absolute atomic E-state index is 0.0149. The summed E-state index contributed by atoms with van der Waals surface area (Å²) < 4.78 is 34.9. The van der Waals surface area contributed by atoms with Gasteiger partial charge in [-0.15, -0.1) is 0 Å². The van der Waals surface area contributed by atoms with E-state index in [1.807, 2.05) is 41.9 Å². The average molecular weight is 553 g/mol. The zero-order chi connectivity index (χ0) is 27.4. The molecular weight excluding hydrogens is 522 g/mol. The van der Waals surface area contributed by atoms with Crippen LogP contribution in [0.3, 0.4) is 0 Å². The van der Waals surface area contributed by atoms with Crippen LogP contribution in [0.4, 0.5) is 14.5 Å². The molecule has 2 aromatic rings. The number of hydrogen-bond donors (Lipinski definition) is 1. The molecule has 3 aliphatic heterocycles. The molecule has 1 aliphatic carbocycles. The molecule has 4 unspecified atom stereocenters. The maximum absolute atomic E-state index is 14.6. The van der Waals surface area contributed by atoms with Crippen LogP contribution in [0, 0.1) is 11.8 Å². The maximum atomic E-state index is 14.6. The van der Waals surface area contributed by atoms with Crippen molar-refractivity contribution >= 4 is 34.6 Å². The molecule has 10 heteroatoms. The lowest BCUT2D eigenvalue weighted by Crippen LogP contribution is -2.47. The lowest BCUT2D eigenvalue weighted by molar-refractivity contribution is -0.130. The highest BCUT2D eigenvalue weighted by atomic mass is 32.1. The molecule has 1 aromatic carbocycles. The van der Waals surface area contributed by atoms with Crippen molar-refractivity contribution in [1.29, 1.82) is 0 Å². The van der Waals surface area contributed by atoms with Gasteiger partial charge in [-0.25, -0.2) is 8.78 Å². The van der Waals surface area contributed by atoms with Gasteiger partial charge in [-0.3, -0.25) is 14.6 Å². The Morgan fingerprint density at radius 2 is 2.00 bits per heavy atom. The lowest BCUT2D eigenvalue weighted by Gasteiger charge is -2.35. The van der Waals surface area contributed by atoms with Gasteiger partial charge in [-0.1, -0.05) is 19.1 Å². The Morgan fingerprint density at radius 1 is 1.18 bits per heavy atom. The van der Waals surface area contributed by atoms with Crippen LogP contribution in [-0.2, 0) is 27.2 Å². The Kier molecular flexibility index (Phi) is 6.63. The lowest BCUT2D eigenvalue weighted by atomic mass is 9.89. The Labute approximate surface area is 229 Å². The molecule has 39 heavy (non-hydrogen) atoms. The smallest absolute Gasteiger partial charge is 0.253 e. The number of amides is 2. The molecule has 1 fully saturated rings. The van der Waals surface area contributed by atoms with E-state index in [4.69, 9.17) is 9.84 Å². The van der Waals surface area contributed by atoms with Crippen LogP contribution in [0.5, 0.6) is 0 Å². The first-order valence-electron chi connectivity index (χ1n) is 13.2. The standard InChI is InChI=1S/C29H30F2N4O3S/c1-15-23(7-5-21(30)26(15)31)35-16(2)25(27(33-35)19-9-11-39-14-19)29-34(28(37)17(3)38-29)10-8-18-4-6-22-20(12-18)13-24(36)32-22/h4-7,9,11-12,14-17,25-26,29H,8,10,13H2,1-3H3,(H,32,36)/t15?,16?,17-,25?,26?,29+/m0/s1. The van der Waals surface area contributed by atoms with Gasteiger partial charge in [-0.2, -0.15) is 16.4 Å². The second-order valence-corrected chi connectivity index (χ2v) is 11.4. The van der Waals surface area contributed by atoms with Crippen molar-refractivity contribution in [2.24, 2.45) is 16.9 Å². The summed E-state index contributed by atoms with van der Waals surface area (Å²) in [7, 11) is 0. The summed E-state index contributed by atoms with van der Waals surface area (Å²) in [5, 5.41) is 13.5. The van der Waals surface area contributed by atoms with Crippen LogP contribution in [0.25, 0.3) is 0 Å². The highest BCUT2D eigenvalue weighted by Crippen LogP contribution is 2.41. The Bertz CT molecular complexity index is 1410. The molecule has 0 saturated carbocycles. The van der Waals surface area contributed by atoms with Crippen LogP contribution >= 0.6 is 11.3 Å². The molecule has 2 amide bonds. The number of ether oxygens (including phenoxy) is 1. The van der Waals surface area contributed by atoms with Crippen molar-refractivity contribution in [3.8, 4) is 0 Å². The number of nitrogens with one attached hydrogen (secondary N) is 1. The third kappa shape index (κ3) is 4.49. The van der Waals surface area contributed by atoms with Crippen molar-refractivity contribution in [1.82, 2.24) is 9.91 Å². The van der Waals surface area contributed by atoms with Gasteiger partial charge in [-0.05, 0) is 66.4 Å². The largest absolute Gasteiger partial charge is 0.345 e. The molecule has 4 aliphatic rings. The van der Waals surface area contributed by atoms with Gasteiger partial charge in [0, 0.05) is 29.4 Å². The second kappa shape index (κ2) is 9.98. The molecule has 6 atom stereocenters. The van der Waals surface area contributed by atoms with Gasteiger partial charge in [0.2, 0.25) is 5.91 Å². The summed E-state index contributed by atoms with van der Waals surface area (Å²) in [6.45, 7) is 5.84. The number of alkyl halides is 1. The molecule has 1 saturated heterocycles. The summed E-state index contributed by atoms with van der Waals surface area (Å²) in [5.74, 6) is -1.90. The van der Waals surface area contributed by atoms with E-state index in [1.54, 1.807) is 41.2 Å². The number of rotatable bonds is 6. The van der Waals surface area contributed by atoms with Gasteiger partial charge in [0.25, 0.3) is 5.91 Å². The van der Waals surface area contributed by atoms with E-state index in [0.29, 0.717) is 25.1 Å². The van der Waals surface area contributed by atoms with Crippen LogP contribution in [-0.4, -0.2) is 58.5 Å². The number of carbonyl (C=O) groups excluding carboxylic acids is 2. The number of benzene rings is 1. The van der Waals surface area contributed by atoms with E-state index in [0.717, 1.165) is 28.1 Å². The normalized spacial score (nSPS) is 30.3.